The summed E-state index contributed by atoms with van der Waals surface area (Å²) < 4.78 is 32.8. The first kappa shape index (κ1) is 19.1. The molecule has 1 aliphatic heterocycles. The van der Waals surface area contributed by atoms with Gasteiger partial charge in [0.15, 0.2) is 0 Å². The summed E-state index contributed by atoms with van der Waals surface area (Å²) in [6.07, 6.45) is 3.09. The Labute approximate surface area is 158 Å². The van der Waals surface area contributed by atoms with Crippen LogP contribution >= 0.6 is 11.3 Å². The lowest BCUT2D eigenvalue weighted by molar-refractivity contribution is -0.129. The fourth-order valence-electron chi connectivity index (χ4n) is 3.00. The summed E-state index contributed by atoms with van der Waals surface area (Å²) in [5.74, 6) is 1.48. The van der Waals surface area contributed by atoms with E-state index in [9.17, 15) is 13.2 Å². The number of carbonyl (C=O) groups is 1. The minimum Gasteiger partial charge on any atom is -0.464 e. The highest BCUT2D eigenvalue weighted by Gasteiger charge is 2.27. The van der Waals surface area contributed by atoms with Crippen molar-refractivity contribution in [2.45, 2.75) is 43.4 Å². The highest BCUT2D eigenvalue weighted by Crippen LogP contribution is 2.27. The monoisotopic (exact) mass is 396 g/mol. The molecule has 142 valence electrons. The van der Waals surface area contributed by atoms with Crippen LogP contribution in [0.15, 0.2) is 32.9 Å². The van der Waals surface area contributed by atoms with Crippen LogP contribution in [0.25, 0.3) is 0 Å². The van der Waals surface area contributed by atoms with Crippen LogP contribution in [0.4, 0.5) is 0 Å². The van der Waals surface area contributed by atoms with E-state index in [1.54, 1.807) is 28.4 Å². The Bertz CT molecular complexity index is 863. The number of sulfonamides is 1. The van der Waals surface area contributed by atoms with Gasteiger partial charge in [0.05, 0.1) is 13.0 Å². The van der Waals surface area contributed by atoms with Crippen LogP contribution < -0.4 is 0 Å². The Hall–Kier alpha value is -1.64. The smallest absolute Gasteiger partial charge is 0.252 e. The predicted octanol–water partition coefficient (Wildman–Crippen LogP) is 3.03. The van der Waals surface area contributed by atoms with Crippen molar-refractivity contribution < 1.29 is 17.6 Å². The molecular formula is C18H24N2O4S2. The fraction of sp³-hybridized carbons (Fsp3) is 0.500. The van der Waals surface area contributed by atoms with Crippen LogP contribution in [0.3, 0.4) is 0 Å². The molecule has 0 aliphatic carbocycles. The van der Waals surface area contributed by atoms with Crippen LogP contribution in [0.1, 0.15) is 35.7 Å². The summed E-state index contributed by atoms with van der Waals surface area (Å²) >= 11 is 1.19. The van der Waals surface area contributed by atoms with Gasteiger partial charge in [-0.05, 0) is 44.0 Å². The van der Waals surface area contributed by atoms with Gasteiger partial charge in [0.1, 0.15) is 15.7 Å². The zero-order valence-corrected chi connectivity index (χ0v) is 16.7. The van der Waals surface area contributed by atoms with Gasteiger partial charge in [0.25, 0.3) is 10.0 Å². The Morgan fingerprint density at radius 3 is 2.58 bits per heavy atom. The van der Waals surface area contributed by atoms with Gasteiger partial charge in [-0.2, -0.15) is 4.31 Å². The number of hydrogen-bond acceptors (Lipinski definition) is 5. The summed E-state index contributed by atoms with van der Waals surface area (Å²) in [6.45, 7) is 3.43. The summed E-state index contributed by atoms with van der Waals surface area (Å²) in [6, 6.07) is 7.08. The lowest BCUT2D eigenvalue weighted by Gasteiger charge is -2.25. The molecule has 26 heavy (non-hydrogen) atoms. The molecule has 1 fully saturated rings. The van der Waals surface area contributed by atoms with Crippen LogP contribution in [-0.4, -0.2) is 43.7 Å². The molecule has 0 spiro atoms. The molecule has 0 unspecified atom stereocenters. The number of nitrogens with zero attached hydrogens (tertiary/aromatic N) is 2. The maximum atomic E-state index is 12.7. The van der Waals surface area contributed by atoms with Crippen molar-refractivity contribution in [1.29, 1.82) is 0 Å². The Kier molecular flexibility index (Phi) is 5.84. The number of piperidine rings is 1. The summed E-state index contributed by atoms with van der Waals surface area (Å²) in [7, 11) is -1.71. The number of aryl methyl sites for hydroxylation is 1. The molecule has 2 aromatic rings. The first-order chi connectivity index (χ1) is 12.4. The molecule has 0 radical (unpaired) electrons. The molecule has 0 bridgehead atoms. The average Bonchev–Trinajstić information content (AvgIpc) is 3.25. The zero-order valence-electron chi connectivity index (χ0n) is 15.1. The third-order valence-corrected chi connectivity index (χ3v) is 7.94. The molecule has 2 aromatic heterocycles. The molecule has 0 saturated carbocycles. The zero-order chi connectivity index (χ0) is 18.7. The number of furan rings is 1. The maximum Gasteiger partial charge on any atom is 0.252 e. The normalized spacial score (nSPS) is 15.9. The van der Waals surface area contributed by atoms with Crippen molar-refractivity contribution in [2.75, 3.05) is 20.1 Å². The third kappa shape index (κ3) is 4.36. The van der Waals surface area contributed by atoms with Crippen molar-refractivity contribution in [1.82, 2.24) is 9.21 Å². The van der Waals surface area contributed by atoms with Gasteiger partial charge in [-0.25, -0.2) is 8.42 Å². The van der Waals surface area contributed by atoms with E-state index < -0.39 is 10.0 Å². The van der Waals surface area contributed by atoms with E-state index in [1.807, 2.05) is 19.1 Å². The molecule has 6 nitrogen and oxygen atoms in total. The van der Waals surface area contributed by atoms with Gasteiger partial charge in [0, 0.05) is 25.0 Å². The van der Waals surface area contributed by atoms with E-state index in [2.05, 4.69) is 0 Å². The maximum absolute atomic E-state index is 12.7. The second-order valence-corrected chi connectivity index (χ2v) is 9.96. The predicted molar refractivity (Wildman–Crippen MR) is 101 cm³/mol. The molecule has 0 N–H and O–H groups in total. The van der Waals surface area contributed by atoms with Gasteiger partial charge < -0.3 is 9.32 Å². The van der Waals surface area contributed by atoms with E-state index >= 15 is 0 Å². The summed E-state index contributed by atoms with van der Waals surface area (Å²) in [5.41, 5.74) is 0. The van der Waals surface area contributed by atoms with Gasteiger partial charge in [-0.1, -0.05) is 6.42 Å². The quantitative estimate of drug-likeness (QED) is 0.752. The highest BCUT2D eigenvalue weighted by molar-refractivity contribution is 7.91. The number of amides is 1. The van der Waals surface area contributed by atoms with Crippen molar-refractivity contribution in [3.8, 4) is 0 Å². The largest absolute Gasteiger partial charge is 0.464 e. The number of rotatable bonds is 6. The van der Waals surface area contributed by atoms with Crippen LogP contribution in [0.2, 0.25) is 0 Å². The minimum atomic E-state index is -3.43. The molecule has 8 heteroatoms. The van der Waals surface area contributed by atoms with Crippen molar-refractivity contribution in [2.24, 2.45) is 0 Å². The second kappa shape index (κ2) is 7.94. The average molecular weight is 397 g/mol. The summed E-state index contributed by atoms with van der Waals surface area (Å²) in [5, 5.41) is 0. The highest BCUT2D eigenvalue weighted by atomic mass is 32.2. The van der Waals surface area contributed by atoms with Crippen LogP contribution in [0.5, 0.6) is 0 Å². The molecule has 0 atom stereocenters. The lowest BCUT2D eigenvalue weighted by atomic mass is 10.2. The molecule has 1 amide bonds. The first-order valence-corrected chi connectivity index (χ1v) is 11.0. The van der Waals surface area contributed by atoms with Crippen LogP contribution in [0, 0.1) is 6.92 Å². The Morgan fingerprint density at radius 1 is 1.19 bits per heavy atom. The second-order valence-electron chi connectivity index (χ2n) is 6.62. The van der Waals surface area contributed by atoms with Gasteiger partial charge in [-0.3, -0.25) is 4.79 Å². The van der Waals surface area contributed by atoms with Crippen molar-refractivity contribution in [3.63, 3.8) is 0 Å². The minimum absolute atomic E-state index is 0.0668. The standard InChI is InChI=1S/C18H24N2O4S2/c1-14-6-7-15(24-14)13-19(2)17(21)12-16-8-9-18(25-16)26(22,23)20-10-4-3-5-11-20/h6-9H,3-5,10-13H2,1-2H3. The number of carbonyl (C=O) groups excluding carboxylic acids is 1. The first-order valence-electron chi connectivity index (χ1n) is 8.74. The number of hydrogen-bond donors (Lipinski definition) is 0. The SMILES string of the molecule is Cc1ccc(CN(C)C(=O)Cc2ccc(S(=O)(=O)N3CCCCC3)s2)o1. The van der Waals surface area contributed by atoms with Gasteiger partial charge in [-0.15, -0.1) is 11.3 Å². The Balaban J connectivity index is 1.63. The van der Waals surface area contributed by atoms with E-state index in [-0.39, 0.29) is 12.3 Å². The molecular weight excluding hydrogens is 372 g/mol. The fourth-order valence-corrected chi connectivity index (χ4v) is 6.02. The number of thiophene rings is 1. The Morgan fingerprint density at radius 2 is 1.92 bits per heavy atom. The molecule has 0 aromatic carbocycles. The third-order valence-electron chi connectivity index (χ3n) is 4.49. The van der Waals surface area contributed by atoms with E-state index in [0.717, 1.165) is 35.7 Å². The van der Waals surface area contributed by atoms with E-state index in [1.165, 1.54) is 11.3 Å². The molecule has 1 saturated heterocycles. The van der Waals surface area contributed by atoms with Gasteiger partial charge in [0.2, 0.25) is 5.91 Å². The van der Waals surface area contributed by atoms with Crippen LogP contribution in [-0.2, 0) is 27.8 Å². The van der Waals surface area contributed by atoms with E-state index in [4.69, 9.17) is 4.42 Å². The van der Waals surface area contributed by atoms with Crippen molar-refractivity contribution in [3.05, 3.63) is 40.7 Å². The topological polar surface area (TPSA) is 70.8 Å². The van der Waals surface area contributed by atoms with Crippen molar-refractivity contribution >= 4 is 27.3 Å². The lowest BCUT2D eigenvalue weighted by Crippen LogP contribution is -2.35. The summed E-state index contributed by atoms with van der Waals surface area (Å²) in [4.78, 5) is 14.8. The van der Waals surface area contributed by atoms with Gasteiger partial charge >= 0.3 is 0 Å². The number of likely N-dealkylation sites (N-methyl/N-ethyl adjacent to an activating group) is 1. The molecule has 1 aliphatic rings. The molecule has 3 heterocycles. The van der Waals surface area contributed by atoms with E-state index in [0.29, 0.717) is 23.8 Å². The molecule has 3 rings (SSSR count).